The lowest BCUT2D eigenvalue weighted by Crippen LogP contribution is -1.98. The Morgan fingerprint density at radius 2 is 0.471 bits per heavy atom. The first kappa shape index (κ1) is 40.3. The van der Waals surface area contributed by atoms with Crippen LogP contribution in [0.25, 0.3) is 123 Å². The topological polar surface area (TPSA) is 64.5 Å². The second kappa shape index (κ2) is 17.7. The Hall–Kier alpha value is -9.19. The first-order chi connectivity index (χ1) is 33.6. The van der Waals surface area contributed by atoms with Gasteiger partial charge in [-0.05, 0) is 87.3 Å². The SMILES string of the molecule is c1ccc(-c2cc(-c3cc(-c4cc(-c5ccc6ccccc6c5)nc(-c5ccccc5)n4)cc(-c4cc(-c5ccc6ccccc6c5)nc(-c5ccccc5)n4)c3)cc(-c3ccccc3)n2)cc1. The molecular weight excluding hydrogens is 827 g/mol. The summed E-state index contributed by atoms with van der Waals surface area (Å²) in [6.45, 7) is 0. The maximum Gasteiger partial charge on any atom is 0.160 e. The van der Waals surface area contributed by atoms with E-state index in [2.05, 4.69) is 200 Å². The van der Waals surface area contributed by atoms with Crippen molar-refractivity contribution < 1.29 is 0 Å². The van der Waals surface area contributed by atoms with E-state index in [4.69, 9.17) is 24.9 Å². The summed E-state index contributed by atoms with van der Waals surface area (Å²) in [4.78, 5) is 26.4. The van der Waals surface area contributed by atoms with E-state index in [1.807, 2.05) is 48.5 Å². The van der Waals surface area contributed by atoms with Crippen molar-refractivity contribution in [1.82, 2.24) is 24.9 Å². The minimum absolute atomic E-state index is 0.645. The lowest BCUT2D eigenvalue weighted by molar-refractivity contribution is 1.18. The van der Waals surface area contributed by atoms with Crippen LogP contribution in [0, 0.1) is 0 Å². The van der Waals surface area contributed by atoms with Gasteiger partial charge in [-0.3, -0.25) is 0 Å². The average Bonchev–Trinajstić information content (AvgIpc) is 3.43. The Morgan fingerprint density at radius 3 is 0.882 bits per heavy atom. The van der Waals surface area contributed by atoms with Crippen LogP contribution in [0.3, 0.4) is 0 Å². The van der Waals surface area contributed by atoms with Crippen LogP contribution in [0.1, 0.15) is 0 Å². The van der Waals surface area contributed by atoms with Gasteiger partial charge >= 0.3 is 0 Å². The minimum Gasteiger partial charge on any atom is -0.248 e. The van der Waals surface area contributed by atoms with Crippen molar-refractivity contribution in [2.75, 3.05) is 0 Å². The lowest BCUT2D eigenvalue weighted by atomic mass is 9.94. The van der Waals surface area contributed by atoms with E-state index in [-0.39, 0.29) is 0 Å². The first-order valence-corrected chi connectivity index (χ1v) is 22.8. The molecule has 0 fully saturated rings. The summed E-state index contributed by atoms with van der Waals surface area (Å²) in [6.07, 6.45) is 0. The van der Waals surface area contributed by atoms with Gasteiger partial charge in [0, 0.05) is 44.5 Å². The monoisotopic (exact) mass is 867 g/mol. The number of nitrogens with zero attached hydrogens (tertiary/aromatic N) is 5. The van der Waals surface area contributed by atoms with Crippen molar-refractivity contribution in [2.45, 2.75) is 0 Å². The van der Waals surface area contributed by atoms with E-state index in [0.29, 0.717) is 11.6 Å². The first-order valence-electron chi connectivity index (χ1n) is 22.8. The van der Waals surface area contributed by atoms with Crippen LogP contribution in [0.2, 0.25) is 0 Å². The van der Waals surface area contributed by atoms with Crippen LogP contribution < -0.4 is 0 Å². The third-order valence-corrected chi connectivity index (χ3v) is 12.4. The van der Waals surface area contributed by atoms with E-state index in [1.165, 1.54) is 10.8 Å². The smallest absolute Gasteiger partial charge is 0.160 e. The van der Waals surface area contributed by atoms with Gasteiger partial charge in [-0.1, -0.05) is 194 Å². The zero-order chi connectivity index (χ0) is 45.2. The molecule has 0 bridgehead atoms. The number of hydrogen-bond acceptors (Lipinski definition) is 5. The van der Waals surface area contributed by atoms with Crippen LogP contribution in [-0.4, -0.2) is 24.9 Å². The second-order valence-electron chi connectivity index (χ2n) is 16.9. The van der Waals surface area contributed by atoms with Crippen molar-refractivity contribution >= 4 is 21.5 Å². The molecule has 0 unspecified atom stereocenters. The molecule has 5 nitrogen and oxygen atoms in total. The number of hydrogen-bond donors (Lipinski definition) is 0. The van der Waals surface area contributed by atoms with Gasteiger partial charge in [0.15, 0.2) is 11.6 Å². The summed E-state index contributed by atoms with van der Waals surface area (Å²) in [6, 6.07) is 86.5. The van der Waals surface area contributed by atoms with Gasteiger partial charge in [-0.2, -0.15) is 0 Å². The Labute approximate surface area is 394 Å². The number of aromatic nitrogens is 5. The Kier molecular flexibility index (Phi) is 10.5. The molecule has 0 aliphatic carbocycles. The van der Waals surface area contributed by atoms with Crippen LogP contribution >= 0.6 is 0 Å². The zero-order valence-corrected chi connectivity index (χ0v) is 36.9. The van der Waals surface area contributed by atoms with Gasteiger partial charge in [-0.15, -0.1) is 0 Å². The molecule has 0 saturated heterocycles. The molecule has 0 aliphatic rings. The van der Waals surface area contributed by atoms with E-state index >= 15 is 0 Å². The minimum atomic E-state index is 0.645. The summed E-state index contributed by atoms with van der Waals surface area (Å²) in [5, 5.41) is 4.65. The number of pyridine rings is 1. The molecule has 9 aromatic carbocycles. The fourth-order valence-corrected chi connectivity index (χ4v) is 8.92. The van der Waals surface area contributed by atoms with Crippen LogP contribution in [-0.2, 0) is 0 Å². The van der Waals surface area contributed by atoms with Gasteiger partial charge < -0.3 is 0 Å². The summed E-state index contributed by atoms with van der Waals surface area (Å²) in [7, 11) is 0. The molecule has 0 aliphatic heterocycles. The highest BCUT2D eigenvalue weighted by Crippen LogP contribution is 2.39. The quantitative estimate of drug-likeness (QED) is 0.145. The van der Waals surface area contributed by atoms with Crippen molar-refractivity contribution in [3.05, 3.63) is 249 Å². The normalized spacial score (nSPS) is 11.2. The van der Waals surface area contributed by atoms with Gasteiger partial charge in [0.1, 0.15) is 0 Å². The van der Waals surface area contributed by atoms with E-state index < -0.39 is 0 Å². The molecule has 68 heavy (non-hydrogen) atoms. The predicted molar refractivity (Wildman–Crippen MR) is 279 cm³/mol. The molecule has 12 rings (SSSR count). The largest absolute Gasteiger partial charge is 0.248 e. The molecule has 0 radical (unpaired) electrons. The summed E-state index contributed by atoms with van der Waals surface area (Å²) in [5.74, 6) is 1.29. The molecule has 5 heteroatoms. The molecule has 0 N–H and O–H groups in total. The van der Waals surface area contributed by atoms with Crippen LogP contribution in [0.5, 0.6) is 0 Å². The van der Waals surface area contributed by atoms with Crippen molar-refractivity contribution in [1.29, 1.82) is 0 Å². The van der Waals surface area contributed by atoms with Crippen molar-refractivity contribution in [3.63, 3.8) is 0 Å². The maximum absolute atomic E-state index is 5.36. The molecule has 0 atom stereocenters. The van der Waals surface area contributed by atoms with Gasteiger partial charge in [0.2, 0.25) is 0 Å². The third kappa shape index (κ3) is 8.21. The lowest BCUT2D eigenvalue weighted by Gasteiger charge is -2.15. The number of rotatable bonds is 9. The predicted octanol–water partition coefficient (Wildman–Crippen LogP) is 16.0. The van der Waals surface area contributed by atoms with Crippen molar-refractivity contribution in [3.8, 4) is 101 Å². The highest BCUT2D eigenvalue weighted by Gasteiger charge is 2.18. The standard InChI is InChI=1S/C63H41N5/c1-5-19-44(20-6-1)56-38-53(39-57(64-56)45-21-7-2-8-22-45)52-35-54(60-40-58(65-62(67-60)46-23-9-3-10-24-46)50-31-29-42-17-13-15-27-48(42)33-50)37-55(36-52)61-41-59(66-63(68-61)47-25-11-4-12-26-47)51-32-30-43-18-14-16-28-49(43)34-51/h1-41H. The Bertz CT molecular complexity index is 3540. The van der Waals surface area contributed by atoms with Crippen molar-refractivity contribution in [2.24, 2.45) is 0 Å². The van der Waals surface area contributed by atoms with Gasteiger partial charge in [-0.25, -0.2) is 24.9 Å². The number of fused-ring (bicyclic) bond motifs is 2. The van der Waals surface area contributed by atoms with Gasteiger partial charge in [0.25, 0.3) is 0 Å². The summed E-state index contributed by atoms with van der Waals surface area (Å²) >= 11 is 0. The average molecular weight is 868 g/mol. The maximum atomic E-state index is 5.36. The second-order valence-corrected chi connectivity index (χ2v) is 16.9. The molecule has 318 valence electrons. The molecule has 12 aromatic rings. The van der Waals surface area contributed by atoms with E-state index in [9.17, 15) is 0 Å². The zero-order valence-electron chi connectivity index (χ0n) is 36.9. The molecule has 0 saturated carbocycles. The van der Waals surface area contributed by atoms with Gasteiger partial charge in [0.05, 0.1) is 34.2 Å². The van der Waals surface area contributed by atoms with Crippen LogP contribution in [0.15, 0.2) is 249 Å². The summed E-state index contributed by atoms with van der Waals surface area (Å²) in [5.41, 5.74) is 14.8. The van der Waals surface area contributed by atoms with E-state index in [1.54, 1.807) is 0 Å². The highest BCUT2D eigenvalue weighted by atomic mass is 14.9. The molecule has 0 amide bonds. The fraction of sp³-hybridized carbons (Fsp3) is 0. The highest BCUT2D eigenvalue weighted by molar-refractivity contribution is 5.90. The number of benzene rings is 9. The molecular formula is C63H41N5. The molecule has 3 aromatic heterocycles. The molecule has 0 spiro atoms. The van der Waals surface area contributed by atoms with Crippen LogP contribution in [0.4, 0.5) is 0 Å². The molecule has 3 heterocycles. The Balaban J connectivity index is 1.12. The fourth-order valence-electron chi connectivity index (χ4n) is 8.92. The Morgan fingerprint density at radius 1 is 0.162 bits per heavy atom. The van der Waals surface area contributed by atoms with E-state index in [0.717, 1.165) is 101 Å². The third-order valence-electron chi connectivity index (χ3n) is 12.4. The summed E-state index contributed by atoms with van der Waals surface area (Å²) < 4.78 is 0.